The molecule has 1 N–H and O–H groups in total. The van der Waals surface area contributed by atoms with Crippen molar-refractivity contribution in [3.8, 4) is 0 Å². The summed E-state index contributed by atoms with van der Waals surface area (Å²) in [4.78, 5) is 11.2. The smallest absolute Gasteiger partial charge is 0.354 e. The highest BCUT2D eigenvalue weighted by Crippen LogP contribution is 2.56. The van der Waals surface area contributed by atoms with E-state index in [9.17, 15) is 9.90 Å². The quantitative estimate of drug-likeness (QED) is 0.909. The van der Waals surface area contributed by atoms with E-state index in [-0.39, 0.29) is 0 Å². The first-order chi connectivity index (χ1) is 9.20. The highest BCUT2D eigenvalue weighted by atomic mass is 16.4. The Balaban J connectivity index is 1.57. The summed E-state index contributed by atoms with van der Waals surface area (Å²) in [5.41, 5.74) is 0.341. The van der Waals surface area contributed by atoms with Gasteiger partial charge in [-0.05, 0) is 67.8 Å². The standard InChI is InChI=1S/C15H20N2O2/c18-15(19)14-1-2-16-17(14)8-13-11-4-9-3-10(6-11)7-12(13)5-9/h1-2,9-13H,3-8H2,(H,18,19). The lowest BCUT2D eigenvalue weighted by molar-refractivity contribution is -0.0445. The van der Waals surface area contributed by atoms with Crippen LogP contribution in [0.5, 0.6) is 0 Å². The van der Waals surface area contributed by atoms with Gasteiger partial charge in [0.15, 0.2) is 0 Å². The van der Waals surface area contributed by atoms with Gasteiger partial charge in [-0.25, -0.2) is 4.79 Å². The van der Waals surface area contributed by atoms with Crippen LogP contribution in [0.3, 0.4) is 0 Å². The van der Waals surface area contributed by atoms with Crippen LogP contribution >= 0.6 is 0 Å². The van der Waals surface area contributed by atoms with Gasteiger partial charge in [0.25, 0.3) is 0 Å². The molecule has 0 unspecified atom stereocenters. The first kappa shape index (κ1) is 11.5. The summed E-state index contributed by atoms with van der Waals surface area (Å²) in [7, 11) is 0. The number of hydrogen-bond donors (Lipinski definition) is 1. The molecule has 4 fully saturated rings. The van der Waals surface area contributed by atoms with Crippen molar-refractivity contribution in [3.63, 3.8) is 0 Å². The van der Waals surface area contributed by atoms with Crippen LogP contribution in [0.25, 0.3) is 0 Å². The van der Waals surface area contributed by atoms with Gasteiger partial charge < -0.3 is 5.11 Å². The van der Waals surface area contributed by atoms with Gasteiger partial charge in [0.2, 0.25) is 0 Å². The van der Waals surface area contributed by atoms with Crippen LogP contribution in [0.2, 0.25) is 0 Å². The van der Waals surface area contributed by atoms with E-state index in [2.05, 4.69) is 5.10 Å². The van der Waals surface area contributed by atoms with Crippen molar-refractivity contribution in [1.29, 1.82) is 0 Å². The predicted molar refractivity (Wildman–Crippen MR) is 69.7 cm³/mol. The van der Waals surface area contributed by atoms with Crippen LogP contribution in [-0.2, 0) is 6.54 Å². The molecule has 0 amide bonds. The number of aromatic nitrogens is 2. The maximum Gasteiger partial charge on any atom is 0.354 e. The second-order valence-corrected chi connectivity index (χ2v) is 6.80. The minimum Gasteiger partial charge on any atom is -0.477 e. The lowest BCUT2D eigenvalue weighted by Gasteiger charge is -2.54. The largest absolute Gasteiger partial charge is 0.477 e. The Morgan fingerprint density at radius 1 is 1.21 bits per heavy atom. The topological polar surface area (TPSA) is 55.1 Å². The molecule has 4 bridgehead atoms. The fourth-order valence-electron chi connectivity index (χ4n) is 5.20. The summed E-state index contributed by atoms with van der Waals surface area (Å²) >= 11 is 0. The number of carboxylic acids is 1. The van der Waals surface area contributed by atoms with E-state index in [1.165, 1.54) is 32.1 Å². The average molecular weight is 260 g/mol. The Bertz CT molecular complexity index is 480. The highest BCUT2D eigenvalue weighted by molar-refractivity contribution is 5.85. The van der Waals surface area contributed by atoms with Crippen molar-refractivity contribution in [2.75, 3.05) is 0 Å². The molecule has 0 radical (unpaired) electrons. The van der Waals surface area contributed by atoms with Gasteiger partial charge in [0, 0.05) is 12.7 Å². The first-order valence-electron chi connectivity index (χ1n) is 7.46. The van der Waals surface area contributed by atoms with Crippen molar-refractivity contribution >= 4 is 5.97 Å². The van der Waals surface area contributed by atoms with Gasteiger partial charge in [-0.2, -0.15) is 5.10 Å². The number of rotatable bonds is 3. The monoisotopic (exact) mass is 260 g/mol. The summed E-state index contributed by atoms with van der Waals surface area (Å²) in [6.45, 7) is 0.809. The Hall–Kier alpha value is -1.32. The summed E-state index contributed by atoms with van der Waals surface area (Å²) in [5, 5.41) is 13.4. The molecule has 0 aromatic carbocycles. The number of carbonyl (C=O) groups is 1. The van der Waals surface area contributed by atoms with Crippen LogP contribution in [0.1, 0.15) is 42.6 Å². The van der Waals surface area contributed by atoms with E-state index in [4.69, 9.17) is 0 Å². The molecular weight excluding hydrogens is 240 g/mol. The van der Waals surface area contributed by atoms with Gasteiger partial charge in [0.05, 0.1) is 0 Å². The van der Waals surface area contributed by atoms with Gasteiger partial charge in [-0.15, -0.1) is 0 Å². The Labute approximate surface area is 112 Å². The van der Waals surface area contributed by atoms with Crippen LogP contribution < -0.4 is 0 Å². The summed E-state index contributed by atoms with van der Waals surface area (Å²) in [6, 6.07) is 1.61. The van der Waals surface area contributed by atoms with Crippen molar-refractivity contribution in [2.24, 2.45) is 29.6 Å². The van der Waals surface area contributed by atoms with Gasteiger partial charge in [-0.1, -0.05) is 0 Å². The number of nitrogens with zero attached hydrogens (tertiary/aromatic N) is 2. The second-order valence-electron chi connectivity index (χ2n) is 6.80. The molecule has 4 nitrogen and oxygen atoms in total. The molecule has 0 atom stereocenters. The molecule has 0 saturated heterocycles. The van der Waals surface area contributed by atoms with E-state index < -0.39 is 5.97 Å². The number of aromatic carboxylic acids is 1. The molecule has 1 aromatic rings. The minimum atomic E-state index is -0.860. The normalized spacial score (nSPS) is 39.7. The minimum absolute atomic E-state index is 0.341. The third kappa shape index (κ3) is 1.80. The molecule has 19 heavy (non-hydrogen) atoms. The lowest BCUT2D eigenvalue weighted by atomic mass is 9.52. The molecular formula is C15H20N2O2. The zero-order valence-electron chi connectivity index (χ0n) is 11.0. The molecule has 4 aliphatic rings. The zero-order chi connectivity index (χ0) is 13.0. The molecule has 5 rings (SSSR count). The van der Waals surface area contributed by atoms with Crippen molar-refractivity contribution < 1.29 is 9.90 Å². The van der Waals surface area contributed by atoms with E-state index in [1.807, 2.05) is 0 Å². The molecule has 0 spiro atoms. The molecule has 4 heteroatoms. The van der Waals surface area contributed by atoms with Crippen LogP contribution in [0, 0.1) is 29.6 Å². The summed E-state index contributed by atoms with van der Waals surface area (Å²) in [5.74, 6) is 3.38. The number of carboxylic acid groups (broad SMARTS) is 1. The molecule has 4 saturated carbocycles. The second kappa shape index (κ2) is 4.09. The average Bonchev–Trinajstić information content (AvgIpc) is 2.81. The predicted octanol–water partition coefficient (Wildman–Crippen LogP) is 2.65. The van der Waals surface area contributed by atoms with Crippen LogP contribution in [0.15, 0.2) is 12.3 Å². The summed E-state index contributed by atoms with van der Waals surface area (Å²) < 4.78 is 1.72. The molecule has 0 aliphatic heterocycles. The van der Waals surface area contributed by atoms with Crippen molar-refractivity contribution in [3.05, 3.63) is 18.0 Å². The van der Waals surface area contributed by atoms with E-state index in [1.54, 1.807) is 16.9 Å². The Kier molecular flexibility index (Phi) is 2.47. The van der Waals surface area contributed by atoms with Gasteiger partial charge in [-0.3, -0.25) is 4.68 Å². The SMILES string of the molecule is O=C(O)c1ccnn1CC1C2CC3CC(C2)CC1C3. The molecule has 1 aromatic heterocycles. The molecule has 4 aliphatic carbocycles. The first-order valence-corrected chi connectivity index (χ1v) is 7.46. The highest BCUT2D eigenvalue weighted by Gasteiger charge is 2.48. The fraction of sp³-hybridized carbons (Fsp3) is 0.733. The van der Waals surface area contributed by atoms with E-state index in [0.29, 0.717) is 11.6 Å². The number of hydrogen-bond acceptors (Lipinski definition) is 2. The van der Waals surface area contributed by atoms with Crippen LogP contribution in [0.4, 0.5) is 0 Å². The Morgan fingerprint density at radius 3 is 2.42 bits per heavy atom. The van der Waals surface area contributed by atoms with Crippen molar-refractivity contribution in [1.82, 2.24) is 9.78 Å². The van der Waals surface area contributed by atoms with Crippen LogP contribution in [-0.4, -0.2) is 20.9 Å². The van der Waals surface area contributed by atoms with Gasteiger partial charge in [0.1, 0.15) is 5.69 Å². The zero-order valence-corrected chi connectivity index (χ0v) is 11.0. The van der Waals surface area contributed by atoms with Gasteiger partial charge >= 0.3 is 5.97 Å². The lowest BCUT2D eigenvalue weighted by Crippen LogP contribution is -2.46. The third-order valence-corrected chi connectivity index (χ3v) is 5.74. The fourth-order valence-corrected chi connectivity index (χ4v) is 5.20. The molecule has 1 heterocycles. The summed E-state index contributed by atoms with van der Waals surface area (Å²) in [6.07, 6.45) is 8.58. The Morgan fingerprint density at radius 2 is 1.84 bits per heavy atom. The third-order valence-electron chi connectivity index (χ3n) is 5.74. The molecule has 102 valence electrons. The maximum absolute atomic E-state index is 11.2. The van der Waals surface area contributed by atoms with E-state index in [0.717, 1.165) is 30.2 Å². The maximum atomic E-state index is 11.2. The van der Waals surface area contributed by atoms with E-state index >= 15 is 0 Å². The van der Waals surface area contributed by atoms with Crippen molar-refractivity contribution in [2.45, 2.75) is 38.6 Å².